The molecule has 142 valence electrons. The van der Waals surface area contributed by atoms with Crippen LogP contribution in [-0.2, 0) is 0 Å². The van der Waals surface area contributed by atoms with Gasteiger partial charge in [-0.25, -0.2) is 0 Å². The highest BCUT2D eigenvalue weighted by atomic mass is 16.2. The van der Waals surface area contributed by atoms with Gasteiger partial charge in [0, 0.05) is 24.7 Å². The molecule has 3 fully saturated rings. The first kappa shape index (κ1) is 18.0. The van der Waals surface area contributed by atoms with Gasteiger partial charge in [-0.1, -0.05) is 37.8 Å². The molecule has 4 rings (SSSR count). The average molecular weight is 355 g/mol. The lowest BCUT2D eigenvalue weighted by Crippen LogP contribution is -2.48. The largest absolute Gasteiger partial charge is 0.339 e. The van der Waals surface area contributed by atoms with Gasteiger partial charge in [0.25, 0.3) is 5.91 Å². The smallest absolute Gasteiger partial charge is 0.253 e. The lowest BCUT2D eigenvalue weighted by atomic mass is 9.84. The first-order chi connectivity index (χ1) is 12.8. The van der Waals surface area contributed by atoms with E-state index >= 15 is 0 Å². The number of amides is 1. The summed E-state index contributed by atoms with van der Waals surface area (Å²) in [5.41, 5.74) is 2.31. The second-order valence-electron chi connectivity index (χ2n) is 8.58. The quantitative estimate of drug-likeness (QED) is 0.776. The maximum Gasteiger partial charge on any atom is 0.253 e. The molecule has 0 N–H and O–H groups in total. The van der Waals surface area contributed by atoms with E-state index in [1.54, 1.807) is 0 Å². The number of hydrogen-bond acceptors (Lipinski definition) is 2. The summed E-state index contributed by atoms with van der Waals surface area (Å²) < 4.78 is 0. The van der Waals surface area contributed by atoms with Crippen LogP contribution in [0.2, 0.25) is 0 Å². The molecule has 1 amide bonds. The number of likely N-dealkylation sites (tertiary alicyclic amines) is 2. The van der Waals surface area contributed by atoms with Gasteiger partial charge in [-0.15, -0.1) is 0 Å². The SMILES string of the molecule is O=C(c1ccc(C2CCCCC2)cc1)N1CCC(N2CCCCC2)CC1. The molecule has 0 spiro atoms. The maximum absolute atomic E-state index is 12.9. The van der Waals surface area contributed by atoms with Gasteiger partial charge in [-0.3, -0.25) is 4.79 Å². The molecule has 26 heavy (non-hydrogen) atoms. The topological polar surface area (TPSA) is 23.6 Å². The number of carbonyl (C=O) groups excluding carboxylic acids is 1. The van der Waals surface area contributed by atoms with Gasteiger partial charge >= 0.3 is 0 Å². The standard InChI is InChI=1S/C23H34N2O/c26-23(21-11-9-20(10-12-21)19-7-3-1-4-8-19)25-17-13-22(14-18-25)24-15-5-2-6-16-24/h9-12,19,22H,1-8,13-18H2. The van der Waals surface area contributed by atoms with Crippen LogP contribution in [0, 0.1) is 0 Å². The number of nitrogens with zero attached hydrogens (tertiary/aromatic N) is 2. The van der Waals surface area contributed by atoms with Crippen molar-refractivity contribution in [2.75, 3.05) is 26.2 Å². The number of carbonyl (C=O) groups is 1. The van der Waals surface area contributed by atoms with Crippen LogP contribution in [-0.4, -0.2) is 47.9 Å². The fourth-order valence-electron chi connectivity index (χ4n) is 5.23. The van der Waals surface area contributed by atoms with Crippen LogP contribution in [0.15, 0.2) is 24.3 Å². The normalized spacial score (nSPS) is 23.9. The van der Waals surface area contributed by atoms with E-state index in [1.165, 1.54) is 70.0 Å². The molecule has 0 unspecified atom stereocenters. The zero-order valence-corrected chi connectivity index (χ0v) is 16.2. The summed E-state index contributed by atoms with van der Waals surface area (Å²) in [6, 6.07) is 9.27. The van der Waals surface area contributed by atoms with Crippen LogP contribution in [0.4, 0.5) is 0 Å². The van der Waals surface area contributed by atoms with E-state index in [9.17, 15) is 4.79 Å². The Hall–Kier alpha value is -1.35. The molecule has 0 radical (unpaired) electrons. The molecule has 0 atom stereocenters. The van der Waals surface area contributed by atoms with Crippen molar-refractivity contribution in [2.45, 2.75) is 76.2 Å². The molecule has 3 nitrogen and oxygen atoms in total. The van der Waals surface area contributed by atoms with E-state index in [1.807, 2.05) is 0 Å². The first-order valence-corrected chi connectivity index (χ1v) is 10.9. The molecule has 0 bridgehead atoms. The Balaban J connectivity index is 1.31. The van der Waals surface area contributed by atoms with E-state index in [-0.39, 0.29) is 5.91 Å². The summed E-state index contributed by atoms with van der Waals surface area (Å²) in [7, 11) is 0. The Morgan fingerprint density at radius 3 is 2.00 bits per heavy atom. The number of rotatable bonds is 3. The summed E-state index contributed by atoms with van der Waals surface area (Å²) in [6.07, 6.45) is 13.1. The predicted octanol–water partition coefficient (Wildman–Crippen LogP) is 4.82. The van der Waals surface area contributed by atoms with E-state index in [2.05, 4.69) is 34.1 Å². The summed E-state index contributed by atoms with van der Waals surface area (Å²) in [5, 5.41) is 0. The third kappa shape index (κ3) is 4.14. The van der Waals surface area contributed by atoms with E-state index < -0.39 is 0 Å². The third-order valence-electron chi connectivity index (χ3n) is 6.89. The molecule has 2 heterocycles. The van der Waals surface area contributed by atoms with Crippen molar-refractivity contribution >= 4 is 5.91 Å². The highest BCUT2D eigenvalue weighted by Gasteiger charge is 2.28. The average Bonchev–Trinajstić information content (AvgIpc) is 2.75. The first-order valence-electron chi connectivity index (χ1n) is 10.9. The van der Waals surface area contributed by atoms with E-state index in [4.69, 9.17) is 0 Å². The van der Waals surface area contributed by atoms with Gasteiger partial charge in [-0.2, -0.15) is 0 Å². The molecular weight excluding hydrogens is 320 g/mol. The van der Waals surface area contributed by atoms with Crippen LogP contribution >= 0.6 is 0 Å². The minimum Gasteiger partial charge on any atom is -0.339 e. The van der Waals surface area contributed by atoms with Gasteiger partial charge in [0.15, 0.2) is 0 Å². The molecule has 1 aromatic carbocycles. The lowest BCUT2D eigenvalue weighted by Gasteiger charge is -2.40. The predicted molar refractivity (Wildman–Crippen MR) is 107 cm³/mol. The van der Waals surface area contributed by atoms with E-state index in [0.29, 0.717) is 12.0 Å². The van der Waals surface area contributed by atoms with Gasteiger partial charge < -0.3 is 9.80 Å². The molecule has 3 aliphatic rings. The highest BCUT2D eigenvalue weighted by molar-refractivity contribution is 5.94. The lowest BCUT2D eigenvalue weighted by molar-refractivity contribution is 0.0590. The molecule has 2 saturated heterocycles. The van der Waals surface area contributed by atoms with Crippen molar-refractivity contribution in [3.8, 4) is 0 Å². The van der Waals surface area contributed by atoms with Gasteiger partial charge in [0.2, 0.25) is 0 Å². The molecular formula is C23H34N2O. The molecule has 3 heteroatoms. The van der Waals surface area contributed by atoms with Crippen LogP contribution in [0.25, 0.3) is 0 Å². The molecule has 0 aromatic heterocycles. The summed E-state index contributed by atoms with van der Waals surface area (Å²) >= 11 is 0. The molecule has 2 aliphatic heterocycles. The Morgan fingerprint density at radius 2 is 1.35 bits per heavy atom. The van der Waals surface area contributed by atoms with Gasteiger partial charge in [-0.05, 0) is 75.2 Å². The Labute approximate surface area is 158 Å². The summed E-state index contributed by atoms with van der Waals surface area (Å²) in [5.74, 6) is 0.950. The fraction of sp³-hybridized carbons (Fsp3) is 0.696. The van der Waals surface area contributed by atoms with E-state index in [0.717, 1.165) is 31.5 Å². The van der Waals surface area contributed by atoms with Gasteiger partial charge in [0.05, 0.1) is 0 Å². The third-order valence-corrected chi connectivity index (χ3v) is 6.89. The summed E-state index contributed by atoms with van der Waals surface area (Å²) in [4.78, 5) is 17.6. The van der Waals surface area contributed by atoms with Crippen LogP contribution in [0.1, 0.15) is 86.0 Å². The number of hydrogen-bond donors (Lipinski definition) is 0. The zero-order valence-electron chi connectivity index (χ0n) is 16.2. The minimum absolute atomic E-state index is 0.234. The van der Waals surface area contributed by atoms with Gasteiger partial charge in [0.1, 0.15) is 0 Å². The Kier molecular flexibility index (Phi) is 5.94. The highest BCUT2D eigenvalue weighted by Crippen LogP contribution is 2.32. The zero-order chi connectivity index (χ0) is 17.8. The molecule has 1 saturated carbocycles. The van der Waals surface area contributed by atoms with Crippen molar-refractivity contribution < 1.29 is 4.79 Å². The van der Waals surface area contributed by atoms with Crippen molar-refractivity contribution in [2.24, 2.45) is 0 Å². The number of piperidine rings is 2. The monoisotopic (exact) mass is 354 g/mol. The van der Waals surface area contributed by atoms with Crippen molar-refractivity contribution in [1.82, 2.24) is 9.80 Å². The number of benzene rings is 1. The summed E-state index contributed by atoms with van der Waals surface area (Å²) in [6.45, 7) is 4.37. The second kappa shape index (κ2) is 8.56. The van der Waals surface area contributed by atoms with Crippen LogP contribution < -0.4 is 0 Å². The van der Waals surface area contributed by atoms with Crippen LogP contribution in [0.5, 0.6) is 0 Å². The van der Waals surface area contributed by atoms with Crippen molar-refractivity contribution in [3.05, 3.63) is 35.4 Å². The maximum atomic E-state index is 12.9. The molecule has 1 aromatic rings. The second-order valence-corrected chi connectivity index (χ2v) is 8.58. The Morgan fingerprint density at radius 1 is 0.731 bits per heavy atom. The fourth-order valence-corrected chi connectivity index (χ4v) is 5.23. The minimum atomic E-state index is 0.234. The Bertz CT molecular complexity index is 577. The van der Waals surface area contributed by atoms with Crippen LogP contribution in [0.3, 0.4) is 0 Å². The molecule has 1 aliphatic carbocycles. The van der Waals surface area contributed by atoms with Crippen molar-refractivity contribution in [1.29, 1.82) is 0 Å². The van der Waals surface area contributed by atoms with Crippen molar-refractivity contribution in [3.63, 3.8) is 0 Å².